The summed E-state index contributed by atoms with van der Waals surface area (Å²) in [5.74, 6) is 0. The summed E-state index contributed by atoms with van der Waals surface area (Å²) in [7, 11) is 0. The second-order valence-electron chi connectivity index (χ2n) is 6.54. The van der Waals surface area contributed by atoms with Crippen molar-refractivity contribution in [3.05, 3.63) is 29.8 Å². The largest absolute Gasteiger partial charge is 0.443 e. The molecule has 1 aromatic carbocycles. The fraction of sp³-hybridized carbons (Fsp3) is 0.500. The first kappa shape index (κ1) is 17.0. The fourth-order valence-electron chi connectivity index (χ4n) is 1.68. The number of benzene rings is 1. The number of carbonyl (C=O) groups is 1. The third-order valence-electron chi connectivity index (χ3n) is 2.47. The fourth-order valence-corrected chi connectivity index (χ4v) is 1.68. The van der Waals surface area contributed by atoms with E-state index in [4.69, 9.17) is 10.00 Å². The number of amides is 1. The van der Waals surface area contributed by atoms with Crippen molar-refractivity contribution in [1.82, 2.24) is 0 Å². The van der Waals surface area contributed by atoms with Gasteiger partial charge in [0.25, 0.3) is 0 Å². The molecule has 0 saturated carbocycles. The van der Waals surface area contributed by atoms with Gasteiger partial charge in [-0.25, -0.2) is 4.79 Å². The Kier molecular flexibility index (Phi) is 4.97. The van der Waals surface area contributed by atoms with E-state index in [1.54, 1.807) is 58.9 Å². The lowest BCUT2D eigenvalue weighted by Gasteiger charge is -2.31. The maximum absolute atomic E-state index is 12.3. The molecule has 5 heteroatoms. The highest BCUT2D eigenvalue weighted by atomic mass is 16.6. The number of hydrogen-bond donors (Lipinski definition) is 1. The van der Waals surface area contributed by atoms with Gasteiger partial charge in [0, 0.05) is 5.69 Å². The lowest BCUT2D eigenvalue weighted by atomic mass is 10.1. The van der Waals surface area contributed by atoms with Gasteiger partial charge in [0.15, 0.2) is 0 Å². The van der Waals surface area contributed by atoms with Crippen molar-refractivity contribution >= 4 is 11.8 Å². The molecule has 0 aliphatic carbocycles. The highest BCUT2D eigenvalue weighted by molar-refractivity contribution is 5.88. The SMILES string of the molecule is CC(C)(O)CN(C(=O)OC(C)(C)C)c1ccc(C#N)cc1. The summed E-state index contributed by atoms with van der Waals surface area (Å²) < 4.78 is 5.37. The lowest BCUT2D eigenvalue weighted by molar-refractivity contribution is 0.0480. The summed E-state index contributed by atoms with van der Waals surface area (Å²) in [5.41, 5.74) is -0.608. The highest BCUT2D eigenvalue weighted by Gasteiger charge is 2.28. The van der Waals surface area contributed by atoms with Crippen LogP contribution in [0.5, 0.6) is 0 Å². The van der Waals surface area contributed by atoms with Crippen LogP contribution in [0.2, 0.25) is 0 Å². The van der Waals surface area contributed by atoms with Gasteiger partial charge in [-0.05, 0) is 58.9 Å². The van der Waals surface area contributed by atoms with Gasteiger partial charge < -0.3 is 9.84 Å². The molecule has 0 aliphatic rings. The van der Waals surface area contributed by atoms with Crippen molar-refractivity contribution in [2.24, 2.45) is 0 Å². The molecule has 0 saturated heterocycles. The predicted octanol–water partition coefficient (Wildman–Crippen LogP) is 3.07. The number of carbonyl (C=O) groups excluding carboxylic acids is 1. The van der Waals surface area contributed by atoms with E-state index in [1.807, 2.05) is 6.07 Å². The quantitative estimate of drug-likeness (QED) is 0.928. The molecule has 1 aromatic rings. The van der Waals surface area contributed by atoms with Crippen molar-refractivity contribution in [3.8, 4) is 6.07 Å². The number of anilines is 1. The van der Waals surface area contributed by atoms with Crippen LogP contribution in [0.25, 0.3) is 0 Å². The Balaban J connectivity index is 3.07. The molecule has 0 fully saturated rings. The van der Waals surface area contributed by atoms with Crippen LogP contribution < -0.4 is 4.90 Å². The molecule has 1 amide bonds. The van der Waals surface area contributed by atoms with E-state index in [-0.39, 0.29) is 6.54 Å². The zero-order valence-electron chi connectivity index (χ0n) is 13.2. The Hall–Kier alpha value is -2.06. The molecule has 114 valence electrons. The molecule has 0 spiro atoms. The molecule has 1 N–H and O–H groups in total. The molecule has 0 unspecified atom stereocenters. The van der Waals surface area contributed by atoms with Gasteiger partial charge in [-0.1, -0.05) is 0 Å². The maximum Gasteiger partial charge on any atom is 0.414 e. The lowest BCUT2D eigenvalue weighted by Crippen LogP contribution is -2.44. The summed E-state index contributed by atoms with van der Waals surface area (Å²) >= 11 is 0. The van der Waals surface area contributed by atoms with E-state index in [1.165, 1.54) is 4.90 Å². The summed E-state index contributed by atoms with van der Waals surface area (Å²) in [4.78, 5) is 13.7. The number of hydrogen-bond acceptors (Lipinski definition) is 4. The average molecular weight is 290 g/mol. The van der Waals surface area contributed by atoms with Gasteiger partial charge in [0.05, 0.1) is 23.8 Å². The molecule has 0 heterocycles. The molecular formula is C16H22N2O3. The molecule has 0 aromatic heterocycles. The Bertz CT molecular complexity index is 531. The van der Waals surface area contributed by atoms with Crippen LogP contribution in [0.3, 0.4) is 0 Å². The van der Waals surface area contributed by atoms with Crippen molar-refractivity contribution in [2.45, 2.75) is 45.8 Å². The summed E-state index contributed by atoms with van der Waals surface area (Å²) in [5, 5.41) is 18.8. The van der Waals surface area contributed by atoms with E-state index in [9.17, 15) is 9.90 Å². The monoisotopic (exact) mass is 290 g/mol. The van der Waals surface area contributed by atoms with E-state index in [2.05, 4.69) is 0 Å². The van der Waals surface area contributed by atoms with Gasteiger partial charge in [-0.15, -0.1) is 0 Å². The number of aliphatic hydroxyl groups is 1. The van der Waals surface area contributed by atoms with Crippen molar-refractivity contribution in [1.29, 1.82) is 5.26 Å². The number of ether oxygens (including phenoxy) is 1. The topological polar surface area (TPSA) is 73.6 Å². The summed E-state index contributed by atoms with van der Waals surface area (Å²) in [6.45, 7) is 8.68. The van der Waals surface area contributed by atoms with Crippen LogP contribution in [0, 0.1) is 11.3 Å². The normalized spacial score (nSPS) is 11.7. The van der Waals surface area contributed by atoms with Crippen LogP contribution in [0.1, 0.15) is 40.2 Å². The van der Waals surface area contributed by atoms with Gasteiger partial charge >= 0.3 is 6.09 Å². The van der Waals surface area contributed by atoms with Crippen molar-refractivity contribution in [2.75, 3.05) is 11.4 Å². The minimum atomic E-state index is -1.06. The predicted molar refractivity (Wildman–Crippen MR) is 81.0 cm³/mol. The Labute approximate surface area is 125 Å². The van der Waals surface area contributed by atoms with E-state index < -0.39 is 17.3 Å². The van der Waals surface area contributed by atoms with Crippen LogP contribution in [-0.2, 0) is 4.74 Å². The standard InChI is InChI=1S/C16H22N2O3/c1-15(2,3)21-14(19)18(11-16(4,5)20)13-8-6-12(10-17)7-9-13/h6-9,20H,11H2,1-5H3. The van der Waals surface area contributed by atoms with Crippen molar-refractivity contribution < 1.29 is 14.6 Å². The van der Waals surface area contributed by atoms with E-state index >= 15 is 0 Å². The molecule has 0 bridgehead atoms. The number of nitrogens with zero attached hydrogens (tertiary/aromatic N) is 2. The Morgan fingerprint density at radius 1 is 1.24 bits per heavy atom. The minimum absolute atomic E-state index is 0.0911. The Morgan fingerprint density at radius 3 is 2.14 bits per heavy atom. The molecule has 21 heavy (non-hydrogen) atoms. The second kappa shape index (κ2) is 6.15. The second-order valence-corrected chi connectivity index (χ2v) is 6.54. The van der Waals surface area contributed by atoms with Gasteiger partial charge in [-0.3, -0.25) is 4.90 Å². The summed E-state index contributed by atoms with van der Waals surface area (Å²) in [6.07, 6.45) is -0.533. The van der Waals surface area contributed by atoms with Gasteiger partial charge in [0.1, 0.15) is 5.60 Å². The van der Waals surface area contributed by atoms with E-state index in [0.29, 0.717) is 11.3 Å². The minimum Gasteiger partial charge on any atom is -0.443 e. The molecule has 1 rings (SSSR count). The Morgan fingerprint density at radius 2 is 1.76 bits per heavy atom. The van der Waals surface area contributed by atoms with Gasteiger partial charge in [0.2, 0.25) is 0 Å². The highest BCUT2D eigenvalue weighted by Crippen LogP contribution is 2.21. The number of rotatable bonds is 3. The molecule has 0 atom stereocenters. The number of nitriles is 1. The smallest absolute Gasteiger partial charge is 0.414 e. The zero-order chi connectivity index (χ0) is 16.3. The van der Waals surface area contributed by atoms with Crippen LogP contribution in [0.15, 0.2) is 24.3 Å². The molecular weight excluding hydrogens is 268 g/mol. The first-order valence-corrected chi connectivity index (χ1v) is 6.75. The maximum atomic E-state index is 12.3. The van der Waals surface area contributed by atoms with E-state index in [0.717, 1.165) is 0 Å². The van der Waals surface area contributed by atoms with Crippen LogP contribution in [-0.4, -0.2) is 28.9 Å². The first-order valence-electron chi connectivity index (χ1n) is 6.75. The zero-order valence-corrected chi connectivity index (χ0v) is 13.2. The molecule has 0 aliphatic heterocycles. The van der Waals surface area contributed by atoms with Crippen LogP contribution in [0.4, 0.5) is 10.5 Å². The van der Waals surface area contributed by atoms with Crippen LogP contribution >= 0.6 is 0 Å². The first-order chi connectivity index (χ1) is 9.52. The third-order valence-corrected chi connectivity index (χ3v) is 2.47. The van der Waals surface area contributed by atoms with Crippen molar-refractivity contribution in [3.63, 3.8) is 0 Å². The molecule has 0 radical (unpaired) electrons. The van der Waals surface area contributed by atoms with Gasteiger partial charge in [-0.2, -0.15) is 5.26 Å². The summed E-state index contributed by atoms with van der Waals surface area (Å²) in [6, 6.07) is 8.59. The average Bonchev–Trinajstić information content (AvgIpc) is 2.33. The molecule has 5 nitrogen and oxygen atoms in total. The third kappa shape index (κ3) is 5.84.